The van der Waals surface area contributed by atoms with Crippen molar-refractivity contribution < 1.29 is 5.11 Å². The monoisotopic (exact) mass is 320 g/mol. The Bertz CT molecular complexity index is 714. The standard InChI is InChI=1S/C22H27NO/c1-15(2)19-12-9-13-20(16(3)4)22(19)23-17(5)14-21(24)18-10-7-6-8-11-18/h6-16,24H,1-5H3/p-1/b21-14-,23-17?. The summed E-state index contributed by atoms with van der Waals surface area (Å²) < 4.78 is 0. The summed E-state index contributed by atoms with van der Waals surface area (Å²) in [7, 11) is 0. The van der Waals surface area contributed by atoms with Crippen molar-refractivity contribution in [3.8, 4) is 0 Å². The third-order valence-corrected chi connectivity index (χ3v) is 4.03. The molecular formula is C22H26NO-. The van der Waals surface area contributed by atoms with Crippen molar-refractivity contribution in [3.63, 3.8) is 0 Å². The highest BCUT2D eigenvalue weighted by Gasteiger charge is 2.13. The third kappa shape index (κ3) is 4.35. The fourth-order valence-corrected chi connectivity index (χ4v) is 2.72. The average Bonchev–Trinajstić information content (AvgIpc) is 2.55. The lowest BCUT2D eigenvalue weighted by molar-refractivity contribution is -0.243. The zero-order chi connectivity index (χ0) is 17.7. The molecule has 126 valence electrons. The molecular weight excluding hydrogens is 294 g/mol. The molecule has 0 aliphatic heterocycles. The molecule has 2 aromatic rings. The summed E-state index contributed by atoms with van der Waals surface area (Å²) in [4.78, 5) is 4.81. The number of nitrogens with zero attached hydrogens (tertiary/aromatic N) is 1. The molecule has 0 radical (unpaired) electrons. The molecule has 0 aliphatic carbocycles. The predicted molar refractivity (Wildman–Crippen MR) is 102 cm³/mol. The summed E-state index contributed by atoms with van der Waals surface area (Å²) in [5.74, 6) is 0.769. The maximum atomic E-state index is 12.3. The van der Waals surface area contributed by atoms with Gasteiger partial charge in [-0.05, 0) is 41.5 Å². The van der Waals surface area contributed by atoms with Crippen LogP contribution in [0.1, 0.15) is 63.1 Å². The summed E-state index contributed by atoms with van der Waals surface area (Å²) >= 11 is 0. The van der Waals surface area contributed by atoms with E-state index in [2.05, 4.69) is 45.9 Å². The van der Waals surface area contributed by atoms with Crippen molar-refractivity contribution in [1.29, 1.82) is 0 Å². The van der Waals surface area contributed by atoms with Crippen LogP contribution in [-0.2, 0) is 0 Å². The maximum Gasteiger partial charge on any atom is 0.0701 e. The molecule has 0 aliphatic rings. The van der Waals surface area contributed by atoms with Crippen LogP contribution in [0.2, 0.25) is 0 Å². The Morgan fingerprint density at radius 3 is 1.92 bits per heavy atom. The minimum absolute atomic E-state index is 0.00928. The smallest absolute Gasteiger partial charge is 0.0701 e. The molecule has 2 rings (SSSR count). The average molecular weight is 320 g/mol. The van der Waals surface area contributed by atoms with E-state index < -0.39 is 0 Å². The van der Waals surface area contributed by atoms with Gasteiger partial charge in [0.1, 0.15) is 0 Å². The molecule has 0 bridgehead atoms. The first-order chi connectivity index (χ1) is 11.4. The van der Waals surface area contributed by atoms with Crippen LogP contribution in [0.15, 0.2) is 59.6 Å². The van der Waals surface area contributed by atoms with Crippen molar-refractivity contribution in [2.45, 2.75) is 46.5 Å². The molecule has 0 spiro atoms. The molecule has 0 saturated heterocycles. The molecule has 2 nitrogen and oxygen atoms in total. The van der Waals surface area contributed by atoms with Crippen molar-refractivity contribution in [1.82, 2.24) is 0 Å². The molecule has 0 N–H and O–H groups in total. The lowest BCUT2D eigenvalue weighted by atomic mass is 9.93. The van der Waals surface area contributed by atoms with Crippen LogP contribution in [0, 0.1) is 0 Å². The fraction of sp³-hybridized carbons (Fsp3) is 0.318. The molecule has 0 saturated carbocycles. The van der Waals surface area contributed by atoms with Crippen molar-refractivity contribution in [2.24, 2.45) is 4.99 Å². The van der Waals surface area contributed by atoms with Gasteiger partial charge in [0.25, 0.3) is 0 Å². The van der Waals surface area contributed by atoms with E-state index in [0.717, 1.165) is 11.4 Å². The van der Waals surface area contributed by atoms with Gasteiger partial charge in [-0.1, -0.05) is 82.0 Å². The first-order valence-electron chi connectivity index (χ1n) is 8.52. The van der Waals surface area contributed by atoms with E-state index in [1.807, 2.05) is 37.3 Å². The van der Waals surface area contributed by atoms with Crippen molar-refractivity contribution >= 4 is 17.2 Å². The third-order valence-electron chi connectivity index (χ3n) is 4.03. The van der Waals surface area contributed by atoms with Gasteiger partial charge in [0.2, 0.25) is 0 Å². The summed E-state index contributed by atoms with van der Waals surface area (Å²) in [6, 6.07) is 15.7. The zero-order valence-corrected chi connectivity index (χ0v) is 15.2. The Balaban J connectivity index is 2.46. The zero-order valence-electron chi connectivity index (χ0n) is 15.2. The number of para-hydroxylation sites is 1. The largest absolute Gasteiger partial charge is 0.872 e. The Morgan fingerprint density at radius 2 is 1.42 bits per heavy atom. The van der Waals surface area contributed by atoms with Gasteiger partial charge in [0.05, 0.1) is 5.69 Å². The maximum absolute atomic E-state index is 12.3. The van der Waals surface area contributed by atoms with Gasteiger partial charge in [0.15, 0.2) is 0 Å². The van der Waals surface area contributed by atoms with Crippen LogP contribution in [0.5, 0.6) is 0 Å². The van der Waals surface area contributed by atoms with Crippen LogP contribution in [0.3, 0.4) is 0 Å². The van der Waals surface area contributed by atoms with Crippen molar-refractivity contribution in [3.05, 3.63) is 71.3 Å². The van der Waals surface area contributed by atoms with Gasteiger partial charge in [-0.15, -0.1) is 0 Å². The number of allylic oxidation sites excluding steroid dienone is 1. The molecule has 0 amide bonds. The molecule has 0 atom stereocenters. The Labute approximate surface area is 145 Å². The fourth-order valence-electron chi connectivity index (χ4n) is 2.72. The van der Waals surface area contributed by atoms with Gasteiger partial charge in [-0.25, -0.2) is 0 Å². The summed E-state index contributed by atoms with van der Waals surface area (Å²) in [5, 5.41) is 12.3. The molecule has 0 aromatic heterocycles. The van der Waals surface area contributed by atoms with Crippen LogP contribution < -0.4 is 5.11 Å². The number of hydrogen-bond donors (Lipinski definition) is 0. The highest BCUT2D eigenvalue weighted by atomic mass is 16.3. The lowest BCUT2D eigenvalue weighted by Gasteiger charge is -2.17. The van der Waals surface area contributed by atoms with Gasteiger partial charge in [0, 0.05) is 5.71 Å². The number of hydrogen-bond acceptors (Lipinski definition) is 2. The number of aliphatic imine (C=N–C) groups is 1. The van der Waals surface area contributed by atoms with Gasteiger partial charge in [-0.2, -0.15) is 0 Å². The van der Waals surface area contributed by atoms with E-state index in [0.29, 0.717) is 17.4 Å². The Kier molecular flexibility index (Phi) is 5.97. The highest BCUT2D eigenvalue weighted by molar-refractivity contribution is 5.99. The molecule has 0 fully saturated rings. The molecule has 24 heavy (non-hydrogen) atoms. The first-order valence-corrected chi connectivity index (χ1v) is 8.52. The summed E-state index contributed by atoms with van der Waals surface area (Å²) in [6.07, 6.45) is 1.62. The second-order valence-corrected chi connectivity index (χ2v) is 6.72. The van der Waals surface area contributed by atoms with E-state index in [1.165, 1.54) is 11.1 Å². The van der Waals surface area contributed by atoms with Crippen LogP contribution in [-0.4, -0.2) is 5.71 Å². The molecule has 0 unspecified atom stereocenters. The Morgan fingerprint density at radius 1 is 0.875 bits per heavy atom. The number of benzene rings is 2. The van der Waals surface area contributed by atoms with Gasteiger partial charge >= 0.3 is 0 Å². The summed E-state index contributed by atoms with van der Waals surface area (Å²) in [6.45, 7) is 10.6. The SMILES string of the molecule is CC(/C=C(\[O-])c1ccccc1)=Nc1c(C(C)C)cccc1C(C)C. The Hall–Kier alpha value is -2.35. The highest BCUT2D eigenvalue weighted by Crippen LogP contribution is 2.34. The molecule has 2 aromatic carbocycles. The second kappa shape index (κ2) is 7.96. The second-order valence-electron chi connectivity index (χ2n) is 6.72. The van der Waals surface area contributed by atoms with E-state index in [1.54, 1.807) is 6.08 Å². The lowest BCUT2D eigenvalue weighted by Crippen LogP contribution is -2.04. The number of rotatable bonds is 5. The van der Waals surface area contributed by atoms with E-state index >= 15 is 0 Å². The van der Waals surface area contributed by atoms with Crippen LogP contribution >= 0.6 is 0 Å². The quantitative estimate of drug-likeness (QED) is 0.534. The van der Waals surface area contributed by atoms with Gasteiger partial charge < -0.3 is 5.11 Å². The molecule has 0 heterocycles. The summed E-state index contributed by atoms with van der Waals surface area (Å²) in [5.41, 5.74) is 4.88. The van der Waals surface area contributed by atoms with Crippen LogP contribution in [0.25, 0.3) is 5.76 Å². The first kappa shape index (κ1) is 18.0. The van der Waals surface area contributed by atoms with E-state index in [9.17, 15) is 5.11 Å². The van der Waals surface area contributed by atoms with E-state index in [-0.39, 0.29) is 5.76 Å². The normalized spacial score (nSPS) is 13.0. The van der Waals surface area contributed by atoms with Gasteiger partial charge in [-0.3, -0.25) is 4.99 Å². The van der Waals surface area contributed by atoms with E-state index in [4.69, 9.17) is 4.99 Å². The minimum atomic E-state index is -0.00928. The predicted octanol–water partition coefficient (Wildman–Crippen LogP) is 5.43. The molecule has 2 heteroatoms. The topological polar surface area (TPSA) is 35.4 Å². The van der Waals surface area contributed by atoms with Crippen LogP contribution in [0.4, 0.5) is 5.69 Å². The van der Waals surface area contributed by atoms with Crippen molar-refractivity contribution in [2.75, 3.05) is 0 Å². The minimum Gasteiger partial charge on any atom is -0.872 e.